The monoisotopic (exact) mass is 219 g/mol. The van der Waals surface area contributed by atoms with Gasteiger partial charge in [-0.1, -0.05) is 37.3 Å². The van der Waals surface area contributed by atoms with E-state index in [-0.39, 0.29) is 11.9 Å². The number of benzene rings is 1. The molecule has 1 atom stereocenters. The van der Waals surface area contributed by atoms with Gasteiger partial charge in [-0.25, -0.2) is 0 Å². The fourth-order valence-electron chi connectivity index (χ4n) is 1.67. The van der Waals surface area contributed by atoms with Gasteiger partial charge in [0.25, 0.3) is 0 Å². The van der Waals surface area contributed by atoms with Crippen LogP contribution in [0.3, 0.4) is 0 Å². The molecular weight excluding hydrogens is 198 g/mol. The first-order valence-electron chi connectivity index (χ1n) is 6.05. The molecule has 2 nitrogen and oxygen atoms in total. The highest BCUT2D eigenvalue weighted by atomic mass is 16.1. The van der Waals surface area contributed by atoms with Crippen LogP contribution < -0.4 is 5.32 Å². The fraction of sp³-hybridized carbons (Fsp3) is 0.500. The highest BCUT2D eigenvalue weighted by Gasteiger charge is 2.06. The summed E-state index contributed by atoms with van der Waals surface area (Å²) < 4.78 is 0. The maximum Gasteiger partial charge on any atom is 0.220 e. The molecule has 1 aromatic rings. The van der Waals surface area contributed by atoms with Crippen molar-refractivity contribution >= 4 is 5.91 Å². The first-order valence-corrected chi connectivity index (χ1v) is 6.05. The quantitative estimate of drug-likeness (QED) is 0.783. The average Bonchev–Trinajstić information content (AvgIpc) is 2.28. The maximum atomic E-state index is 11.4. The molecule has 0 radical (unpaired) electrons. The van der Waals surface area contributed by atoms with Crippen molar-refractivity contribution in [2.45, 2.75) is 45.6 Å². The van der Waals surface area contributed by atoms with Crippen molar-refractivity contribution in [2.24, 2.45) is 0 Å². The summed E-state index contributed by atoms with van der Waals surface area (Å²) in [6.45, 7) is 4.09. The van der Waals surface area contributed by atoms with Gasteiger partial charge in [0.05, 0.1) is 0 Å². The van der Waals surface area contributed by atoms with Crippen LogP contribution in [0.2, 0.25) is 0 Å². The van der Waals surface area contributed by atoms with E-state index >= 15 is 0 Å². The zero-order valence-corrected chi connectivity index (χ0v) is 10.2. The van der Waals surface area contributed by atoms with Gasteiger partial charge < -0.3 is 5.32 Å². The molecule has 0 saturated carbocycles. The van der Waals surface area contributed by atoms with Gasteiger partial charge in [-0.05, 0) is 31.7 Å². The minimum Gasteiger partial charge on any atom is -0.354 e. The topological polar surface area (TPSA) is 29.1 Å². The Bertz CT molecular complexity index is 308. The van der Waals surface area contributed by atoms with Crippen LogP contribution in [0.1, 0.15) is 38.7 Å². The zero-order valence-electron chi connectivity index (χ0n) is 10.2. The third-order valence-corrected chi connectivity index (χ3v) is 2.59. The van der Waals surface area contributed by atoms with Gasteiger partial charge in [0.15, 0.2) is 0 Å². The molecule has 0 spiro atoms. The Labute approximate surface area is 98.1 Å². The smallest absolute Gasteiger partial charge is 0.220 e. The first kappa shape index (κ1) is 12.8. The Hall–Kier alpha value is -1.31. The normalized spacial score (nSPS) is 12.1. The molecule has 0 aliphatic carbocycles. The van der Waals surface area contributed by atoms with Crippen LogP contribution in [0.25, 0.3) is 0 Å². The molecule has 0 aromatic heterocycles. The lowest BCUT2D eigenvalue weighted by atomic mass is 10.1. The van der Waals surface area contributed by atoms with E-state index in [1.165, 1.54) is 5.56 Å². The molecule has 1 aromatic carbocycles. The lowest BCUT2D eigenvalue weighted by Crippen LogP contribution is -2.32. The van der Waals surface area contributed by atoms with E-state index in [1.54, 1.807) is 0 Å². The van der Waals surface area contributed by atoms with Gasteiger partial charge in [-0.3, -0.25) is 4.79 Å². The molecule has 0 fully saturated rings. The molecule has 0 saturated heterocycles. The van der Waals surface area contributed by atoms with Crippen molar-refractivity contribution in [3.63, 3.8) is 0 Å². The van der Waals surface area contributed by atoms with Crippen molar-refractivity contribution in [1.82, 2.24) is 5.32 Å². The summed E-state index contributed by atoms with van der Waals surface area (Å²) in [5, 5.41) is 3.01. The third kappa shape index (κ3) is 4.96. The molecule has 0 bridgehead atoms. The first-order chi connectivity index (χ1) is 7.72. The second-order valence-corrected chi connectivity index (χ2v) is 4.24. The predicted molar refractivity (Wildman–Crippen MR) is 67.3 cm³/mol. The number of hydrogen-bond donors (Lipinski definition) is 1. The lowest BCUT2D eigenvalue weighted by Gasteiger charge is -2.13. The molecule has 88 valence electrons. The van der Waals surface area contributed by atoms with Crippen molar-refractivity contribution < 1.29 is 4.79 Å². The molecule has 0 unspecified atom stereocenters. The van der Waals surface area contributed by atoms with E-state index < -0.39 is 0 Å². The van der Waals surface area contributed by atoms with Gasteiger partial charge >= 0.3 is 0 Å². The standard InChI is InChI=1S/C14H21NO/c1-3-7-14(16)15-12(2)10-11-13-8-5-4-6-9-13/h4-6,8-9,12H,3,7,10-11H2,1-2H3,(H,15,16)/t12-/m1/s1. The Morgan fingerprint density at radius 2 is 2.00 bits per heavy atom. The molecule has 0 aliphatic heterocycles. The van der Waals surface area contributed by atoms with Crippen LogP contribution in [-0.2, 0) is 11.2 Å². The van der Waals surface area contributed by atoms with Gasteiger partial charge in [0.1, 0.15) is 0 Å². The number of nitrogens with one attached hydrogen (secondary N) is 1. The average molecular weight is 219 g/mol. The number of hydrogen-bond acceptors (Lipinski definition) is 1. The van der Waals surface area contributed by atoms with Crippen LogP contribution in [0.5, 0.6) is 0 Å². The highest BCUT2D eigenvalue weighted by molar-refractivity contribution is 5.76. The minimum atomic E-state index is 0.170. The number of carbonyl (C=O) groups is 1. The molecular formula is C14H21NO. The summed E-state index contributed by atoms with van der Waals surface area (Å²) in [5.74, 6) is 0.170. The van der Waals surface area contributed by atoms with Gasteiger partial charge in [-0.15, -0.1) is 0 Å². The summed E-state index contributed by atoms with van der Waals surface area (Å²) >= 11 is 0. The largest absolute Gasteiger partial charge is 0.354 e. The Balaban J connectivity index is 2.25. The molecule has 0 aliphatic rings. The van der Waals surface area contributed by atoms with E-state index in [4.69, 9.17) is 0 Å². The number of aryl methyl sites for hydroxylation is 1. The van der Waals surface area contributed by atoms with Crippen LogP contribution >= 0.6 is 0 Å². The van der Waals surface area contributed by atoms with E-state index in [9.17, 15) is 4.79 Å². The summed E-state index contributed by atoms with van der Waals surface area (Å²) in [7, 11) is 0. The highest BCUT2D eigenvalue weighted by Crippen LogP contribution is 2.04. The SMILES string of the molecule is CCCC(=O)N[C@H](C)CCc1ccccc1. The van der Waals surface area contributed by atoms with Gasteiger partial charge in [-0.2, -0.15) is 0 Å². The Morgan fingerprint density at radius 3 is 2.62 bits per heavy atom. The Morgan fingerprint density at radius 1 is 1.31 bits per heavy atom. The number of carbonyl (C=O) groups excluding carboxylic acids is 1. The number of amides is 1. The second kappa shape index (κ2) is 7.04. The molecule has 0 heterocycles. The van der Waals surface area contributed by atoms with E-state index in [0.717, 1.165) is 19.3 Å². The van der Waals surface area contributed by atoms with Crippen molar-refractivity contribution in [1.29, 1.82) is 0 Å². The minimum absolute atomic E-state index is 0.170. The zero-order chi connectivity index (χ0) is 11.8. The van der Waals surface area contributed by atoms with E-state index in [2.05, 4.69) is 36.5 Å². The summed E-state index contributed by atoms with van der Waals surface area (Å²) in [5.41, 5.74) is 1.33. The molecule has 1 rings (SSSR count). The third-order valence-electron chi connectivity index (χ3n) is 2.59. The lowest BCUT2D eigenvalue weighted by molar-refractivity contribution is -0.121. The Kier molecular flexibility index (Phi) is 5.62. The second-order valence-electron chi connectivity index (χ2n) is 4.24. The molecule has 16 heavy (non-hydrogen) atoms. The van der Waals surface area contributed by atoms with E-state index in [0.29, 0.717) is 6.42 Å². The number of rotatable bonds is 6. The van der Waals surface area contributed by atoms with Crippen molar-refractivity contribution in [2.75, 3.05) is 0 Å². The van der Waals surface area contributed by atoms with E-state index in [1.807, 2.05) is 13.0 Å². The molecule has 1 amide bonds. The van der Waals surface area contributed by atoms with Crippen molar-refractivity contribution in [3.8, 4) is 0 Å². The molecule has 1 N–H and O–H groups in total. The van der Waals surface area contributed by atoms with Crippen LogP contribution in [-0.4, -0.2) is 11.9 Å². The van der Waals surface area contributed by atoms with Crippen LogP contribution in [0, 0.1) is 0 Å². The molecule has 2 heteroatoms. The maximum absolute atomic E-state index is 11.4. The predicted octanol–water partition coefficient (Wildman–Crippen LogP) is 2.92. The van der Waals surface area contributed by atoms with Gasteiger partial charge in [0.2, 0.25) is 5.91 Å². The summed E-state index contributed by atoms with van der Waals surface area (Å²) in [6, 6.07) is 10.6. The summed E-state index contributed by atoms with van der Waals surface area (Å²) in [4.78, 5) is 11.4. The van der Waals surface area contributed by atoms with Crippen LogP contribution in [0.4, 0.5) is 0 Å². The summed E-state index contributed by atoms with van der Waals surface area (Å²) in [6.07, 6.45) is 3.57. The van der Waals surface area contributed by atoms with Crippen molar-refractivity contribution in [3.05, 3.63) is 35.9 Å². The van der Waals surface area contributed by atoms with Crippen LogP contribution in [0.15, 0.2) is 30.3 Å². The van der Waals surface area contributed by atoms with Gasteiger partial charge in [0, 0.05) is 12.5 Å². The fourth-order valence-corrected chi connectivity index (χ4v) is 1.67.